The number of imidazole rings is 1. The number of nitrogens with zero attached hydrogens (tertiary/aromatic N) is 2. The molecule has 1 N–H and O–H groups in total. The Kier molecular flexibility index (Phi) is 2.39. The van der Waals surface area contributed by atoms with Crippen molar-refractivity contribution in [1.82, 2.24) is 9.55 Å². The van der Waals surface area contributed by atoms with Crippen LogP contribution in [0.4, 0.5) is 5.95 Å². The van der Waals surface area contributed by atoms with Crippen LogP contribution in [0.15, 0.2) is 30.5 Å². The predicted molar refractivity (Wildman–Crippen MR) is 69.7 cm³/mol. The second-order valence-electron chi connectivity index (χ2n) is 4.83. The molecule has 2 aromatic rings. The SMILES string of the molecule is Cc1cccc(-n2cc(C)nc2NC2CC2)c1. The number of aryl methyl sites for hydroxylation is 2. The van der Waals surface area contributed by atoms with Gasteiger partial charge in [0.2, 0.25) is 5.95 Å². The summed E-state index contributed by atoms with van der Waals surface area (Å²) in [5, 5.41) is 3.48. The number of hydrogen-bond acceptors (Lipinski definition) is 2. The van der Waals surface area contributed by atoms with E-state index in [9.17, 15) is 0 Å². The maximum absolute atomic E-state index is 4.55. The first-order chi connectivity index (χ1) is 8.22. The molecule has 0 amide bonds. The van der Waals surface area contributed by atoms with Gasteiger partial charge >= 0.3 is 0 Å². The number of hydrogen-bond donors (Lipinski definition) is 1. The first-order valence-electron chi connectivity index (χ1n) is 6.12. The van der Waals surface area contributed by atoms with Crippen molar-refractivity contribution >= 4 is 5.95 Å². The van der Waals surface area contributed by atoms with E-state index in [1.807, 2.05) is 6.92 Å². The van der Waals surface area contributed by atoms with Gasteiger partial charge in [0.25, 0.3) is 0 Å². The molecular weight excluding hydrogens is 210 g/mol. The Morgan fingerprint density at radius 2 is 2.12 bits per heavy atom. The van der Waals surface area contributed by atoms with Gasteiger partial charge in [0.1, 0.15) is 0 Å². The normalized spacial score (nSPS) is 14.9. The van der Waals surface area contributed by atoms with Gasteiger partial charge in [-0.1, -0.05) is 12.1 Å². The highest BCUT2D eigenvalue weighted by Gasteiger charge is 2.23. The van der Waals surface area contributed by atoms with Crippen molar-refractivity contribution in [3.63, 3.8) is 0 Å². The Labute approximate surface area is 101 Å². The van der Waals surface area contributed by atoms with Gasteiger partial charge in [0, 0.05) is 17.9 Å². The Bertz CT molecular complexity index is 538. The summed E-state index contributed by atoms with van der Waals surface area (Å²) in [5.74, 6) is 0.968. The van der Waals surface area contributed by atoms with Crippen LogP contribution in [0.3, 0.4) is 0 Å². The fourth-order valence-corrected chi connectivity index (χ4v) is 1.98. The van der Waals surface area contributed by atoms with Crippen molar-refractivity contribution in [2.75, 3.05) is 5.32 Å². The fraction of sp³-hybridized carbons (Fsp3) is 0.357. The minimum absolute atomic E-state index is 0.625. The molecule has 1 fully saturated rings. The van der Waals surface area contributed by atoms with Gasteiger partial charge in [-0.2, -0.15) is 0 Å². The van der Waals surface area contributed by atoms with Crippen LogP contribution in [0, 0.1) is 13.8 Å². The molecule has 0 atom stereocenters. The first-order valence-corrected chi connectivity index (χ1v) is 6.12. The molecule has 3 nitrogen and oxygen atoms in total. The average Bonchev–Trinajstić information content (AvgIpc) is 3.01. The van der Waals surface area contributed by atoms with Crippen LogP contribution in [0.1, 0.15) is 24.1 Å². The molecule has 1 aromatic heterocycles. The van der Waals surface area contributed by atoms with Crippen LogP contribution in [-0.2, 0) is 0 Å². The molecule has 1 aromatic carbocycles. The van der Waals surface area contributed by atoms with Gasteiger partial charge in [0.05, 0.1) is 5.69 Å². The minimum atomic E-state index is 0.625. The molecule has 0 saturated heterocycles. The average molecular weight is 227 g/mol. The molecule has 3 heteroatoms. The molecule has 1 aliphatic rings. The lowest BCUT2D eigenvalue weighted by atomic mass is 10.2. The Morgan fingerprint density at radius 1 is 1.29 bits per heavy atom. The highest BCUT2D eigenvalue weighted by Crippen LogP contribution is 2.26. The van der Waals surface area contributed by atoms with E-state index >= 15 is 0 Å². The van der Waals surface area contributed by atoms with Gasteiger partial charge in [-0.3, -0.25) is 4.57 Å². The van der Waals surface area contributed by atoms with Crippen LogP contribution >= 0.6 is 0 Å². The Morgan fingerprint density at radius 3 is 2.82 bits per heavy atom. The van der Waals surface area contributed by atoms with Crippen molar-refractivity contribution in [2.24, 2.45) is 0 Å². The monoisotopic (exact) mass is 227 g/mol. The summed E-state index contributed by atoms with van der Waals surface area (Å²) >= 11 is 0. The summed E-state index contributed by atoms with van der Waals surface area (Å²) in [6.45, 7) is 4.14. The van der Waals surface area contributed by atoms with E-state index in [-0.39, 0.29) is 0 Å². The number of nitrogens with one attached hydrogen (secondary N) is 1. The summed E-state index contributed by atoms with van der Waals surface area (Å²) < 4.78 is 2.14. The zero-order valence-corrected chi connectivity index (χ0v) is 10.3. The highest BCUT2D eigenvalue weighted by atomic mass is 15.2. The topological polar surface area (TPSA) is 29.9 Å². The van der Waals surface area contributed by atoms with Gasteiger partial charge in [-0.25, -0.2) is 4.98 Å². The molecule has 0 aliphatic heterocycles. The first kappa shape index (κ1) is 10.4. The predicted octanol–water partition coefficient (Wildman–Crippen LogP) is 3.06. The van der Waals surface area contributed by atoms with E-state index in [0.717, 1.165) is 11.6 Å². The van der Waals surface area contributed by atoms with Gasteiger partial charge < -0.3 is 5.32 Å². The molecule has 1 heterocycles. The summed E-state index contributed by atoms with van der Waals surface area (Å²) in [4.78, 5) is 4.55. The van der Waals surface area contributed by atoms with Crippen molar-refractivity contribution in [2.45, 2.75) is 32.7 Å². The van der Waals surface area contributed by atoms with Crippen LogP contribution < -0.4 is 5.32 Å². The number of rotatable bonds is 3. The molecule has 0 radical (unpaired) electrons. The smallest absolute Gasteiger partial charge is 0.207 e. The lowest BCUT2D eigenvalue weighted by Crippen LogP contribution is -2.07. The Balaban J connectivity index is 2.00. The fourth-order valence-electron chi connectivity index (χ4n) is 1.98. The summed E-state index contributed by atoms with van der Waals surface area (Å²) in [7, 11) is 0. The summed E-state index contributed by atoms with van der Waals surface area (Å²) in [6.07, 6.45) is 4.61. The molecule has 1 saturated carbocycles. The van der Waals surface area contributed by atoms with Crippen molar-refractivity contribution in [1.29, 1.82) is 0 Å². The molecule has 17 heavy (non-hydrogen) atoms. The van der Waals surface area contributed by atoms with Crippen LogP contribution in [0.2, 0.25) is 0 Å². The molecule has 0 bridgehead atoms. The lowest BCUT2D eigenvalue weighted by molar-refractivity contribution is 1.00. The minimum Gasteiger partial charge on any atom is -0.353 e. The zero-order chi connectivity index (χ0) is 11.8. The molecule has 0 spiro atoms. The van der Waals surface area contributed by atoms with E-state index in [2.05, 4.69) is 52.3 Å². The molecular formula is C14H17N3. The van der Waals surface area contributed by atoms with Crippen molar-refractivity contribution < 1.29 is 0 Å². The maximum Gasteiger partial charge on any atom is 0.207 e. The molecule has 3 rings (SSSR count). The van der Waals surface area contributed by atoms with Crippen molar-refractivity contribution in [3.8, 4) is 5.69 Å². The summed E-state index contributed by atoms with van der Waals surface area (Å²) in [5.41, 5.74) is 3.50. The van der Waals surface area contributed by atoms with Gasteiger partial charge in [-0.05, 0) is 44.4 Å². The molecule has 88 valence electrons. The number of aromatic nitrogens is 2. The maximum atomic E-state index is 4.55. The highest BCUT2D eigenvalue weighted by molar-refractivity contribution is 5.45. The van der Waals surface area contributed by atoms with Gasteiger partial charge in [0.15, 0.2) is 0 Å². The van der Waals surface area contributed by atoms with Crippen LogP contribution in [0.25, 0.3) is 5.69 Å². The Hall–Kier alpha value is -1.77. The van der Waals surface area contributed by atoms with E-state index in [4.69, 9.17) is 0 Å². The molecule has 1 aliphatic carbocycles. The van der Waals surface area contributed by atoms with E-state index in [1.165, 1.54) is 24.1 Å². The second kappa shape index (κ2) is 3.91. The quantitative estimate of drug-likeness (QED) is 0.873. The zero-order valence-electron chi connectivity index (χ0n) is 10.3. The standard InChI is InChI=1S/C14H17N3/c1-10-4-3-5-13(8-10)17-9-11(2)15-14(17)16-12-6-7-12/h3-5,8-9,12H,6-7H2,1-2H3,(H,15,16). The van der Waals surface area contributed by atoms with E-state index in [0.29, 0.717) is 6.04 Å². The van der Waals surface area contributed by atoms with E-state index < -0.39 is 0 Å². The van der Waals surface area contributed by atoms with Gasteiger partial charge in [-0.15, -0.1) is 0 Å². The number of anilines is 1. The summed E-state index contributed by atoms with van der Waals surface area (Å²) in [6, 6.07) is 9.12. The third-order valence-corrected chi connectivity index (χ3v) is 3.02. The lowest BCUT2D eigenvalue weighted by Gasteiger charge is -2.09. The van der Waals surface area contributed by atoms with E-state index in [1.54, 1.807) is 0 Å². The number of benzene rings is 1. The second-order valence-corrected chi connectivity index (χ2v) is 4.83. The van der Waals surface area contributed by atoms with Crippen LogP contribution in [0.5, 0.6) is 0 Å². The third kappa shape index (κ3) is 2.18. The largest absolute Gasteiger partial charge is 0.353 e. The molecule has 0 unspecified atom stereocenters. The van der Waals surface area contributed by atoms with Crippen molar-refractivity contribution in [3.05, 3.63) is 41.7 Å². The van der Waals surface area contributed by atoms with Crippen LogP contribution in [-0.4, -0.2) is 15.6 Å². The third-order valence-electron chi connectivity index (χ3n) is 3.02.